The van der Waals surface area contributed by atoms with E-state index in [1.165, 1.54) is 0 Å². The van der Waals surface area contributed by atoms with E-state index in [9.17, 15) is 9.59 Å². The smallest absolute Gasteiger partial charge is 0.238 e. The van der Waals surface area contributed by atoms with Crippen molar-refractivity contribution in [2.75, 3.05) is 5.32 Å². The first-order valence-electron chi connectivity index (χ1n) is 9.11. The topological polar surface area (TPSA) is 55.4 Å². The van der Waals surface area contributed by atoms with E-state index in [4.69, 9.17) is 4.74 Å². The lowest BCUT2D eigenvalue weighted by atomic mass is 9.68. The van der Waals surface area contributed by atoms with Gasteiger partial charge in [-0.05, 0) is 60.6 Å². The molecule has 2 bridgehead atoms. The molecule has 2 aromatic rings. The number of anilines is 1. The molecule has 0 saturated heterocycles. The largest absolute Gasteiger partial charge is 0.457 e. The zero-order chi connectivity index (χ0) is 18.4. The molecule has 0 aliphatic heterocycles. The minimum atomic E-state index is -0.878. The molecule has 1 N–H and O–H groups in total. The number of ether oxygens (including phenoxy) is 1. The fraction of sp³-hybridized carbons (Fsp3) is 0.364. The molecule has 2 aromatic carbocycles. The Kier molecular flexibility index (Phi) is 3.87. The van der Waals surface area contributed by atoms with Crippen molar-refractivity contribution in [3.8, 4) is 11.5 Å². The van der Waals surface area contributed by atoms with Crippen molar-refractivity contribution in [2.24, 2.45) is 16.7 Å². The monoisotopic (exact) mass is 349 g/mol. The van der Waals surface area contributed by atoms with Crippen LogP contribution in [-0.4, -0.2) is 11.7 Å². The molecule has 0 aromatic heterocycles. The Morgan fingerprint density at radius 1 is 1.04 bits per heavy atom. The molecule has 2 atom stereocenters. The van der Waals surface area contributed by atoms with E-state index in [2.05, 4.69) is 19.2 Å². The predicted molar refractivity (Wildman–Crippen MR) is 100 cm³/mol. The number of rotatable bonds is 4. The minimum absolute atomic E-state index is 0.0975. The van der Waals surface area contributed by atoms with E-state index in [0.717, 1.165) is 12.2 Å². The Bertz CT molecular complexity index is 841. The summed E-state index contributed by atoms with van der Waals surface area (Å²) in [5, 5.41) is 2.96. The third kappa shape index (κ3) is 2.44. The van der Waals surface area contributed by atoms with Crippen molar-refractivity contribution in [2.45, 2.75) is 33.1 Å². The van der Waals surface area contributed by atoms with Gasteiger partial charge in [0.25, 0.3) is 0 Å². The number of hydrogen-bond donors (Lipinski definition) is 1. The maximum atomic E-state index is 13.0. The average Bonchev–Trinajstić information content (AvgIpc) is 3.00. The lowest BCUT2D eigenvalue weighted by Crippen LogP contribution is -2.46. The summed E-state index contributed by atoms with van der Waals surface area (Å²) in [6.45, 7) is 4.12. The Labute approximate surface area is 153 Å². The van der Waals surface area contributed by atoms with Crippen LogP contribution in [0.4, 0.5) is 5.69 Å². The Hall–Kier alpha value is -2.62. The number of fused-ring (bicyclic) bond motifs is 2. The highest BCUT2D eigenvalue weighted by atomic mass is 16.5. The highest BCUT2D eigenvalue weighted by Crippen LogP contribution is 2.64. The maximum Gasteiger partial charge on any atom is 0.238 e. The number of carbonyl (C=O) groups excluding carboxylic acids is 2. The van der Waals surface area contributed by atoms with Gasteiger partial charge in [0.15, 0.2) is 0 Å². The molecule has 134 valence electrons. The summed E-state index contributed by atoms with van der Waals surface area (Å²) in [6, 6.07) is 16.8. The summed E-state index contributed by atoms with van der Waals surface area (Å²) in [5.41, 5.74) is -0.467. The van der Waals surface area contributed by atoms with Crippen LogP contribution in [0.2, 0.25) is 0 Å². The van der Waals surface area contributed by atoms with E-state index < -0.39 is 5.41 Å². The molecule has 1 amide bonds. The van der Waals surface area contributed by atoms with Gasteiger partial charge in [-0.1, -0.05) is 32.0 Å². The average molecular weight is 349 g/mol. The van der Waals surface area contributed by atoms with Crippen LogP contribution in [0.15, 0.2) is 54.6 Å². The second-order valence-corrected chi connectivity index (χ2v) is 7.88. The second-order valence-electron chi connectivity index (χ2n) is 7.88. The second kappa shape index (κ2) is 5.97. The Morgan fingerprint density at radius 3 is 2.27 bits per heavy atom. The normalized spacial score (nSPS) is 25.9. The lowest BCUT2D eigenvalue weighted by Gasteiger charge is -2.34. The molecule has 0 radical (unpaired) electrons. The first-order valence-corrected chi connectivity index (χ1v) is 9.11. The molecule has 4 heteroatoms. The van der Waals surface area contributed by atoms with Crippen molar-refractivity contribution < 1.29 is 14.3 Å². The number of Topliss-reactive ketones (excluding diaryl/α,β-unsaturated/α-hetero) is 1. The predicted octanol–water partition coefficient (Wildman–Crippen LogP) is 4.81. The molecule has 4 nitrogen and oxygen atoms in total. The van der Waals surface area contributed by atoms with Gasteiger partial charge < -0.3 is 10.1 Å². The van der Waals surface area contributed by atoms with Crippen LogP contribution in [0.1, 0.15) is 33.1 Å². The number of para-hydroxylation sites is 1. The molecule has 0 heterocycles. The number of benzene rings is 2. The number of hydrogen-bond acceptors (Lipinski definition) is 3. The van der Waals surface area contributed by atoms with Gasteiger partial charge in [0, 0.05) is 12.1 Å². The molecule has 2 aliphatic rings. The summed E-state index contributed by atoms with van der Waals surface area (Å²) in [5.74, 6) is 1.72. The van der Waals surface area contributed by atoms with Crippen molar-refractivity contribution >= 4 is 17.4 Å². The highest BCUT2D eigenvalue weighted by Gasteiger charge is 2.68. The van der Waals surface area contributed by atoms with Crippen LogP contribution < -0.4 is 10.1 Å². The third-order valence-corrected chi connectivity index (χ3v) is 6.37. The fourth-order valence-corrected chi connectivity index (χ4v) is 4.68. The van der Waals surface area contributed by atoms with Crippen molar-refractivity contribution in [3.05, 3.63) is 54.6 Å². The molecule has 0 spiro atoms. The van der Waals surface area contributed by atoms with Gasteiger partial charge in [0.1, 0.15) is 22.7 Å². The molecular formula is C22H23NO3. The summed E-state index contributed by atoms with van der Waals surface area (Å²) < 4.78 is 5.77. The van der Waals surface area contributed by atoms with E-state index in [1.54, 1.807) is 0 Å². The summed E-state index contributed by atoms with van der Waals surface area (Å²) >= 11 is 0. The molecular weight excluding hydrogens is 326 g/mol. The molecule has 2 fully saturated rings. The molecule has 26 heavy (non-hydrogen) atoms. The summed E-state index contributed by atoms with van der Waals surface area (Å²) in [7, 11) is 0. The van der Waals surface area contributed by atoms with Crippen LogP contribution in [0.3, 0.4) is 0 Å². The van der Waals surface area contributed by atoms with Crippen LogP contribution in [-0.2, 0) is 9.59 Å². The third-order valence-electron chi connectivity index (χ3n) is 6.37. The highest BCUT2D eigenvalue weighted by molar-refractivity contribution is 6.14. The standard InChI is InChI=1S/C22H23NO3/c1-21(2)15-12-13-22(21,19(24)14-15)20(25)23-16-8-10-18(11-9-16)26-17-6-4-3-5-7-17/h3-11,15H,12-14H2,1-2H3,(H,23,25). The number of carbonyl (C=O) groups is 2. The van der Waals surface area contributed by atoms with E-state index in [1.807, 2.05) is 54.6 Å². The summed E-state index contributed by atoms with van der Waals surface area (Å²) in [4.78, 5) is 25.6. The van der Waals surface area contributed by atoms with Gasteiger partial charge in [-0.25, -0.2) is 0 Å². The van der Waals surface area contributed by atoms with Crippen LogP contribution in [0.5, 0.6) is 11.5 Å². The van der Waals surface area contributed by atoms with Gasteiger partial charge in [-0.3, -0.25) is 9.59 Å². The van der Waals surface area contributed by atoms with Crippen molar-refractivity contribution in [1.29, 1.82) is 0 Å². The van der Waals surface area contributed by atoms with Gasteiger partial charge in [-0.15, -0.1) is 0 Å². The quantitative estimate of drug-likeness (QED) is 0.806. The molecule has 2 saturated carbocycles. The first kappa shape index (κ1) is 16.8. The molecule has 4 rings (SSSR count). The van der Waals surface area contributed by atoms with Crippen molar-refractivity contribution in [3.63, 3.8) is 0 Å². The van der Waals surface area contributed by atoms with E-state index in [-0.39, 0.29) is 17.1 Å². The lowest BCUT2D eigenvalue weighted by molar-refractivity contribution is -0.141. The number of nitrogens with one attached hydrogen (secondary N) is 1. The molecule has 2 unspecified atom stereocenters. The van der Waals surface area contributed by atoms with Gasteiger partial charge in [-0.2, -0.15) is 0 Å². The van der Waals surface area contributed by atoms with Gasteiger partial charge in [0.2, 0.25) is 5.91 Å². The van der Waals surface area contributed by atoms with Gasteiger partial charge in [0.05, 0.1) is 0 Å². The zero-order valence-electron chi connectivity index (χ0n) is 15.1. The van der Waals surface area contributed by atoms with Crippen LogP contribution in [0, 0.1) is 16.7 Å². The van der Waals surface area contributed by atoms with E-state index in [0.29, 0.717) is 30.2 Å². The Morgan fingerprint density at radius 2 is 1.69 bits per heavy atom. The van der Waals surface area contributed by atoms with Crippen molar-refractivity contribution in [1.82, 2.24) is 0 Å². The minimum Gasteiger partial charge on any atom is -0.457 e. The van der Waals surface area contributed by atoms with E-state index >= 15 is 0 Å². The maximum absolute atomic E-state index is 13.0. The number of ketones is 1. The summed E-state index contributed by atoms with van der Waals surface area (Å²) in [6.07, 6.45) is 2.14. The first-order chi connectivity index (χ1) is 12.4. The fourth-order valence-electron chi connectivity index (χ4n) is 4.68. The SMILES string of the molecule is CC1(C)C2CCC1(C(=O)Nc1ccc(Oc3ccccc3)cc1)C(=O)C2. The van der Waals surface area contributed by atoms with Crippen LogP contribution in [0.25, 0.3) is 0 Å². The Balaban J connectivity index is 1.49. The van der Waals surface area contributed by atoms with Crippen LogP contribution >= 0.6 is 0 Å². The zero-order valence-corrected chi connectivity index (χ0v) is 15.1. The van der Waals surface area contributed by atoms with Gasteiger partial charge >= 0.3 is 0 Å². The number of amides is 1. The molecule has 2 aliphatic carbocycles.